The number of furan rings is 1. The highest BCUT2D eigenvalue weighted by Gasteiger charge is 2.31. The second-order valence-corrected chi connectivity index (χ2v) is 10.1. The number of piperazine rings is 1. The zero-order chi connectivity index (χ0) is 23.6. The molecule has 0 radical (unpaired) electrons. The molecule has 174 valence electrons. The van der Waals surface area contributed by atoms with E-state index in [1.807, 2.05) is 12.1 Å². The van der Waals surface area contributed by atoms with Crippen LogP contribution in [0, 0.1) is 0 Å². The molecule has 0 aliphatic carbocycles. The lowest BCUT2D eigenvalue weighted by atomic mass is 9.99. The van der Waals surface area contributed by atoms with Gasteiger partial charge in [0.25, 0.3) is 11.5 Å². The summed E-state index contributed by atoms with van der Waals surface area (Å²) in [4.78, 5) is 29.8. The van der Waals surface area contributed by atoms with Gasteiger partial charge in [0, 0.05) is 26.2 Å². The SMILES string of the molecule is CCC(C)c1ccc(S(=O)(=O)N2CCN(C(=O)c3ccc(-c4ccco4)[nH]c3=O)CC2)cc1. The predicted molar refractivity (Wildman–Crippen MR) is 125 cm³/mol. The monoisotopic (exact) mass is 469 g/mol. The number of amides is 1. The van der Waals surface area contributed by atoms with Crippen LogP contribution < -0.4 is 5.56 Å². The Bertz CT molecular complexity index is 1270. The predicted octanol–water partition coefficient (Wildman–Crippen LogP) is 3.30. The van der Waals surface area contributed by atoms with Gasteiger partial charge in [-0.1, -0.05) is 26.0 Å². The van der Waals surface area contributed by atoms with E-state index in [0.29, 0.717) is 17.4 Å². The fourth-order valence-corrected chi connectivity index (χ4v) is 5.29. The molecule has 1 atom stereocenters. The van der Waals surface area contributed by atoms with Gasteiger partial charge in [-0.15, -0.1) is 0 Å². The zero-order valence-corrected chi connectivity index (χ0v) is 19.5. The number of carbonyl (C=O) groups is 1. The maximum Gasteiger partial charge on any atom is 0.261 e. The molecule has 0 bridgehead atoms. The Hall–Kier alpha value is -3.17. The Balaban J connectivity index is 1.43. The van der Waals surface area contributed by atoms with E-state index in [2.05, 4.69) is 18.8 Å². The van der Waals surface area contributed by atoms with E-state index in [4.69, 9.17) is 4.42 Å². The quantitative estimate of drug-likeness (QED) is 0.597. The molecule has 3 aromatic rings. The van der Waals surface area contributed by atoms with Crippen molar-refractivity contribution >= 4 is 15.9 Å². The van der Waals surface area contributed by atoms with Gasteiger partial charge in [0.05, 0.1) is 16.9 Å². The molecule has 3 heterocycles. The van der Waals surface area contributed by atoms with Crippen LogP contribution in [0.25, 0.3) is 11.5 Å². The van der Waals surface area contributed by atoms with Crippen LogP contribution in [0.1, 0.15) is 42.1 Å². The summed E-state index contributed by atoms with van der Waals surface area (Å²) in [6, 6.07) is 13.5. The lowest BCUT2D eigenvalue weighted by molar-refractivity contribution is 0.0696. The number of rotatable bonds is 6. The molecule has 1 saturated heterocycles. The summed E-state index contributed by atoms with van der Waals surface area (Å²) in [6.45, 7) is 4.96. The van der Waals surface area contributed by atoms with E-state index in [1.165, 1.54) is 21.5 Å². The number of nitrogens with zero attached hydrogens (tertiary/aromatic N) is 2. The standard InChI is InChI=1S/C24H27N3O5S/c1-3-17(2)18-6-8-19(9-7-18)33(30,31)27-14-12-26(13-15-27)24(29)20-10-11-21(25-23(20)28)22-5-4-16-32-22/h4-11,16-17H,3,12-15H2,1-2H3,(H,25,28). The minimum Gasteiger partial charge on any atom is -0.463 e. The van der Waals surface area contributed by atoms with Crippen LogP contribution in [-0.2, 0) is 10.0 Å². The van der Waals surface area contributed by atoms with Crippen LogP contribution in [0.15, 0.2) is 68.9 Å². The average molecular weight is 470 g/mol. The third-order valence-corrected chi connectivity index (χ3v) is 8.06. The van der Waals surface area contributed by atoms with Gasteiger partial charge in [-0.05, 0) is 54.3 Å². The average Bonchev–Trinajstić information content (AvgIpc) is 3.38. The first-order valence-electron chi connectivity index (χ1n) is 11.0. The molecule has 8 nitrogen and oxygen atoms in total. The molecule has 1 aliphatic rings. The van der Waals surface area contributed by atoms with Gasteiger partial charge in [-0.25, -0.2) is 8.42 Å². The topological polar surface area (TPSA) is 104 Å². The van der Waals surface area contributed by atoms with Crippen LogP contribution in [0.3, 0.4) is 0 Å². The number of aromatic amines is 1. The molecule has 9 heteroatoms. The summed E-state index contributed by atoms with van der Waals surface area (Å²) in [5.41, 5.74) is 1.10. The van der Waals surface area contributed by atoms with Crippen molar-refractivity contribution in [3.05, 3.63) is 76.3 Å². The second-order valence-electron chi connectivity index (χ2n) is 8.17. The molecular weight excluding hydrogens is 442 g/mol. The molecule has 1 amide bonds. The van der Waals surface area contributed by atoms with E-state index >= 15 is 0 Å². The van der Waals surface area contributed by atoms with Crippen molar-refractivity contribution in [3.63, 3.8) is 0 Å². The second kappa shape index (κ2) is 9.36. The van der Waals surface area contributed by atoms with Crippen LogP contribution in [0.5, 0.6) is 0 Å². The molecule has 1 N–H and O–H groups in total. The maximum absolute atomic E-state index is 13.0. The lowest BCUT2D eigenvalue weighted by Gasteiger charge is -2.34. The first-order valence-corrected chi connectivity index (χ1v) is 12.4. The fraction of sp³-hybridized carbons (Fsp3) is 0.333. The summed E-state index contributed by atoms with van der Waals surface area (Å²) < 4.78 is 32.7. The Kier molecular flexibility index (Phi) is 6.53. The van der Waals surface area contributed by atoms with E-state index < -0.39 is 21.5 Å². The van der Waals surface area contributed by atoms with Gasteiger partial charge in [0.2, 0.25) is 10.0 Å². The normalized spacial score (nSPS) is 16.0. The third kappa shape index (κ3) is 4.65. The number of benzene rings is 1. The minimum absolute atomic E-state index is 0.0160. The zero-order valence-electron chi connectivity index (χ0n) is 18.7. The van der Waals surface area contributed by atoms with E-state index in [1.54, 1.807) is 30.3 Å². The van der Waals surface area contributed by atoms with E-state index in [-0.39, 0.29) is 36.6 Å². The molecule has 4 rings (SSSR count). The molecule has 1 unspecified atom stereocenters. The van der Waals surface area contributed by atoms with Crippen molar-refractivity contribution in [3.8, 4) is 11.5 Å². The molecule has 2 aromatic heterocycles. The van der Waals surface area contributed by atoms with Gasteiger partial charge in [-0.3, -0.25) is 9.59 Å². The van der Waals surface area contributed by atoms with E-state index in [0.717, 1.165) is 12.0 Å². The maximum atomic E-state index is 13.0. The summed E-state index contributed by atoms with van der Waals surface area (Å²) in [6.07, 6.45) is 2.48. The fourth-order valence-electron chi connectivity index (χ4n) is 3.87. The summed E-state index contributed by atoms with van der Waals surface area (Å²) in [7, 11) is -3.65. The molecule has 1 fully saturated rings. The van der Waals surface area contributed by atoms with Crippen molar-refractivity contribution in [1.82, 2.24) is 14.2 Å². The van der Waals surface area contributed by atoms with Gasteiger partial charge >= 0.3 is 0 Å². The number of nitrogens with one attached hydrogen (secondary N) is 1. The summed E-state index contributed by atoms with van der Waals surface area (Å²) in [5, 5.41) is 0. The molecular formula is C24H27N3O5S. The van der Waals surface area contributed by atoms with Crippen LogP contribution in [-0.4, -0.2) is 54.7 Å². The number of aromatic nitrogens is 1. The van der Waals surface area contributed by atoms with E-state index in [9.17, 15) is 18.0 Å². The van der Waals surface area contributed by atoms with Crippen molar-refractivity contribution in [2.45, 2.75) is 31.1 Å². The Labute approximate surface area is 192 Å². The Morgan fingerprint density at radius 2 is 1.76 bits per heavy atom. The highest BCUT2D eigenvalue weighted by molar-refractivity contribution is 7.89. The number of hydrogen-bond acceptors (Lipinski definition) is 5. The van der Waals surface area contributed by atoms with Crippen molar-refractivity contribution in [2.24, 2.45) is 0 Å². The molecule has 0 saturated carbocycles. The van der Waals surface area contributed by atoms with Crippen molar-refractivity contribution < 1.29 is 17.6 Å². The number of hydrogen-bond donors (Lipinski definition) is 1. The number of sulfonamides is 1. The smallest absolute Gasteiger partial charge is 0.261 e. The molecule has 1 aliphatic heterocycles. The summed E-state index contributed by atoms with van der Waals surface area (Å²) in [5.74, 6) is 0.451. The number of pyridine rings is 1. The molecule has 1 aromatic carbocycles. The third-order valence-electron chi connectivity index (χ3n) is 6.15. The number of H-pyrrole nitrogens is 1. The van der Waals surface area contributed by atoms with Crippen molar-refractivity contribution in [2.75, 3.05) is 26.2 Å². The Morgan fingerprint density at radius 1 is 1.06 bits per heavy atom. The molecule has 33 heavy (non-hydrogen) atoms. The summed E-state index contributed by atoms with van der Waals surface area (Å²) >= 11 is 0. The minimum atomic E-state index is -3.65. The Morgan fingerprint density at radius 3 is 2.33 bits per heavy atom. The first-order chi connectivity index (χ1) is 15.8. The van der Waals surface area contributed by atoms with Gasteiger partial charge in [0.1, 0.15) is 11.3 Å². The molecule has 0 spiro atoms. The van der Waals surface area contributed by atoms with Gasteiger partial charge in [-0.2, -0.15) is 4.31 Å². The van der Waals surface area contributed by atoms with Crippen molar-refractivity contribution in [1.29, 1.82) is 0 Å². The van der Waals surface area contributed by atoms with Crippen LogP contribution in [0.4, 0.5) is 0 Å². The highest BCUT2D eigenvalue weighted by atomic mass is 32.2. The highest BCUT2D eigenvalue weighted by Crippen LogP contribution is 2.23. The van der Waals surface area contributed by atoms with Crippen LogP contribution >= 0.6 is 0 Å². The van der Waals surface area contributed by atoms with Gasteiger partial charge < -0.3 is 14.3 Å². The first kappa shape index (κ1) is 23.0. The largest absolute Gasteiger partial charge is 0.463 e. The number of carbonyl (C=O) groups excluding carboxylic acids is 1. The van der Waals surface area contributed by atoms with Gasteiger partial charge in [0.15, 0.2) is 0 Å². The van der Waals surface area contributed by atoms with Crippen LogP contribution in [0.2, 0.25) is 0 Å². The lowest BCUT2D eigenvalue weighted by Crippen LogP contribution is -2.51.